The summed E-state index contributed by atoms with van der Waals surface area (Å²) in [5.41, 5.74) is 3.28. The maximum Gasteiger partial charge on any atom is 0.216 e. The zero-order chi connectivity index (χ0) is 15.7. The van der Waals surface area contributed by atoms with Gasteiger partial charge in [-0.2, -0.15) is 0 Å². The van der Waals surface area contributed by atoms with Crippen molar-refractivity contribution < 1.29 is 0 Å². The fourth-order valence-corrected chi connectivity index (χ4v) is 2.66. The molecule has 21 heavy (non-hydrogen) atoms. The fourth-order valence-electron chi connectivity index (χ4n) is 1.95. The van der Waals surface area contributed by atoms with Crippen LogP contribution in [0.2, 0.25) is 0 Å². The number of alkyl halides is 6. The van der Waals surface area contributed by atoms with Gasteiger partial charge in [-0.05, 0) is 17.5 Å². The molecule has 0 amide bonds. The average Bonchev–Trinajstić information content (AvgIpc) is 2.37. The highest BCUT2D eigenvalue weighted by atomic mass is 35.6. The van der Waals surface area contributed by atoms with Crippen molar-refractivity contribution in [3.05, 3.63) is 70.8 Å². The predicted molar refractivity (Wildman–Crippen MR) is 94.2 cm³/mol. The quantitative estimate of drug-likeness (QED) is 0.477. The van der Waals surface area contributed by atoms with E-state index in [1.807, 2.05) is 36.4 Å². The Morgan fingerprint density at radius 3 is 1.33 bits per heavy atom. The van der Waals surface area contributed by atoms with E-state index in [1.165, 1.54) is 0 Å². The molecule has 0 bridgehead atoms. The van der Waals surface area contributed by atoms with E-state index in [0.717, 1.165) is 11.1 Å². The third-order valence-electron chi connectivity index (χ3n) is 2.92. The van der Waals surface area contributed by atoms with Gasteiger partial charge in [0.1, 0.15) is 0 Å². The molecule has 0 aliphatic rings. The average molecular weight is 403 g/mol. The van der Waals surface area contributed by atoms with Gasteiger partial charge in [-0.3, -0.25) is 0 Å². The Morgan fingerprint density at radius 1 is 0.619 bits per heavy atom. The lowest BCUT2D eigenvalue weighted by Crippen LogP contribution is -2.02. The Bertz CT molecular complexity index is 569. The SMILES string of the molecule is ClC(Cl)(Cl)c1cccc(Cc2cccc(C(Cl)(Cl)Cl)c2)c1. The number of halogens is 6. The molecule has 0 N–H and O–H groups in total. The van der Waals surface area contributed by atoms with Crippen LogP contribution in [-0.4, -0.2) is 0 Å². The molecule has 0 heterocycles. The molecule has 0 atom stereocenters. The lowest BCUT2D eigenvalue weighted by molar-refractivity contribution is 1.13. The lowest BCUT2D eigenvalue weighted by Gasteiger charge is -2.14. The van der Waals surface area contributed by atoms with E-state index < -0.39 is 7.59 Å². The van der Waals surface area contributed by atoms with Crippen LogP contribution in [0, 0.1) is 0 Å². The van der Waals surface area contributed by atoms with E-state index in [9.17, 15) is 0 Å². The molecule has 2 rings (SSSR count). The highest BCUT2D eigenvalue weighted by Gasteiger charge is 2.24. The highest BCUT2D eigenvalue weighted by molar-refractivity contribution is 6.67. The molecule has 0 spiro atoms. The van der Waals surface area contributed by atoms with Crippen LogP contribution in [0.15, 0.2) is 48.5 Å². The predicted octanol–water partition coefficient (Wildman–Crippen LogP) is 6.93. The van der Waals surface area contributed by atoms with Gasteiger partial charge in [-0.25, -0.2) is 0 Å². The first-order valence-electron chi connectivity index (χ1n) is 5.98. The second-order valence-electron chi connectivity index (χ2n) is 4.57. The minimum absolute atomic E-state index is 0.627. The summed E-state index contributed by atoms with van der Waals surface area (Å²) in [6, 6.07) is 14.9. The van der Waals surface area contributed by atoms with E-state index in [1.54, 1.807) is 12.1 Å². The van der Waals surface area contributed by atoms with Crippen LogP contribution >= 0.6 is 69.6 Å². The molecular weight excluding hydrogens is 393 g/mol. The van der Waals surface area contributed by atoms with Crippen LogP contribution in [0.4, 0.5) is 0 Å². The lowest BCUT2D eigenvalue weighted by atomic mass is 10.0. The van der Waals surface area contributed by atoms with Gasteiger partial charge in [0.25, 0.3) is 0 Å². The van der Waals surface area contributed by atoms with Crippen molar-refractivity contribution in [1.29, 1.82) is 0 Å². The first-order chi connectivity index (χ1) is 9.66. The summed E-state index contributed by atoms with van der Waals surface area (Å²) in [4.78, 5) is 0. The highest BCUT2D eigenvalue weighted by Crippen LogP contribution is 2.39. The van der Waals surface area contributed by atoms with Crippen molar-refractivity contribution in [3.8, 4) is 0 Å². The van der Waals surface area contributed by atoms with E-state index in [-0.39, 0.29) is 0 Å². The molecule has 0 aliphatic carbocycles. The van der Waals surface area contributed by atoms with Crippen molar-refractivity contribution in [2.75, 3.05) is 0 Å². The van der Waals surface area contributed by atoms with Gasteiger partial charge in [0.05, 0.1) is 0 Å². The minimum atomic E-state index is -1.44. The van der Waals surface area contributed by atoms with Crippen LogP contribution in [0.1, 0.15) is 22.3 Å². The third kappa shape index (κ3) is 5.10. The molecule has 2 aromatic carbocycles. The summed E-state index contributed by atoms with van der Waals surface area (Å²) in [6.07, 6.45) is 0.656. The molecule has 2 aromatic rings. The summed E-state index contributed by atoms with van der Waals surface area (Å²) < 4.78 is -2.87. The van der Waals surface area contributed by atoms with E-state index >= 15 is 0 Å². The summed E-state index contributed by atoms with van der Waals surface area (Å²) in [6.45, 7) is 0. The molecule has 0 saturated carbocycles. The van der Waals surface area contributed by atoms with Crippen LogP contribution in [0.3, 0.4) is 0 Å². The van der Waals surface area contributed by atoms with Crippen molar-refractivity contribution in [3.63, 3.8) is 0 Å². The Balaban J connectivity index is 2.27. The minimum Gasteiger partial charge on any atom is -0.0784 e. The van der Waals surface area contributed by atoms with E-state index in [4.69, 9.17) is 69.6 Å². The number of hydrogen-bond acceptors (Lipinski definition) is 0. The van der Waals surface area contributed by atoms with Crippen LogP contribution < -0.4 is 0 Å². The molecule has 0 aromatic heterocycles. The normalized spacial score (nSPS) is 12.5. The summed E-state index contributed by atoms with van der Waals surface area (Å²) in [5, 5.41) is 0. The summed E-state index contributed by atoms with van der Waals surface area (Å²) >= 11 is 35.4. The maximum atomic E-state index is 5.90. The van der Waals surface area contributed by atoms with Crippen molar-refractivity contribution in [2.45, 2.75) is 14.0 Å². The van der Waals surface area contributed by atoms with Crippen molar-refractivity contribution in [2.24, 2.45) is 0 Å². The van der Waals surface area contributed by atoms with Crippen LogP contribution in [0.25, 0.3) is 0 Å². The molecule has 0 radical (unpaired) electrons. The standard InChI is InChI=1S/C15H10Cl6/c16-14(17,18)12-5-1-3-10(8-12)7-11-4-2-6-13(9-11)15(19,20)21/h1-6,8-9H,7H2. The molecule has 0 aliphatic heterocycles. The largest absolute Gasteiger partial charge is 0.216 e. The number of benzene rings is 2. The Morgan fingerprint density at radius 2 is 1.00 bits per heavy atom. The van der Waals surface area contributed by atoms with Crippen LogP contribution in [-0.2, 0) is 14.0 Å². The molecule has 0 nitrogen and oxygen atoms in total. The van der Waals surface area contributed by atoms with Gasteiger partial charge >= 0.3 is 0 Å². The molecule has 0 saturated heterocycles. The Labute approximate surface area is 153 Å². The Kier molecular flexibility index (Phi) is 5.63. The van der Waals surface area contributed by atoms with Gasteiger partial charge in [-0.1, -0.05) is 118 Å². The van der Waals surface area contributed by atoms with Crippen molar-refractivity contribution >= 4 is 69.6 Å². The zero-order valence-corrected chi connectivity index (χ0v) is 15.1. The summed E-state index contributed by atoms with van der Waals surface area (Å²) in [5.74, 6) is 0. The fraction of sp³-hybridized carbons (Fsp3) is 0.200. The van der Waals surface area contributed by atoms with E-state index in [2.05, 4.69) is 0 Å². The van der Waals surface area contributed by atoms with Gasteiger partial charge in [-0.15, -0.1) is 0 Å². The van der Waals surface area contributed by atoms with Gasteiger partial charge < -0.3 is 0 Å². The monoisotopic (exact) mass is 400 g/mol. The first-order valence-corrected chi connectivity index (χ1v) is 8.25. The van der Waals surface area contributed by atoms with E-state index in [0.29, 0.717) is 17.5 Å². The van der Waals surface area contributed by atoms with Gasteiger partial charge in [0.2, 0.25) is 7.59 Å². The second-order valence-corrected chi connectivity index (χ2v) is 9.14. The molecule has 0 unspecified atom stereocenters. The number of rotatable bonds is 2. The third-order valence-corrected chi connectivity index (χ3v) is 4.23. The molecular formula is C15H10Cl6. The maximum absolute atomic E-state index is 5.90. The molecule has 112 valence electrons. The zero-order valence-electron chi connectivity index (χ0n) is 10.6. The Hall–Kier alpha value is 0.180. The second kappa shape index (κ2) is 6.74. The van der Waals surface area contributed by atoms with Crippen molar-refractivity contribution in [1.82, 2.24) is 0 Å². The van der Waals surface area contributed by atoms with Gasteiger partial charge in [0, 0.05) is 11.1 Å². The number of hydrogen-bond donors (Lipinski definition) is 0. The van der Waals surface area contributed by atoms with Gasteiger partial charge in [0.15, 0.2) is 0 Å². The topological polar surface area (TPSA) is 0 Å². The molecule has 6 heteroatoms. The smallest absolute Gasteiger partial charge is 0.0784 e. The molecule has 0 fully saturated rings. The van der Waals surface area contributed by atoms with Crippen LogP contribution in [0.5, 0.6) is 0 Å². The first kappa shape index (κ1) is 17.5. The summed E-state index contributed by atoms with van der Waals surface area (Å²) in [7, 11) is 0.